The Balaban J connectivity index is 1.15. The molecule has 3 N–H and O–H groups in total. The van der Waals surface area contributed by atoms with Gasteiger partial charge in [-0.05, 0) is 86.3 Å². The quantitative estimate of drug-likeness (QED) is 0.0411. The van der Waals surface area contributed by atoms with Gasteiger partial charge in [-0.2, -0.15) is 0 Å². The highest BCUT2D eigenvalue weighted by Crippen LogP contribution is 2.45. The van der Waals surface area contributed by atoms with Gasteiger partial charge in [0.05, 0.1) is 29.4 Å². The third-order valence-corrected chi connectivity index (χ3v) is 17.0. The number of rotatable bonds is 27. The number of ether oxygens (including phenoxy) is 16. The number of amides is 3. The van der Waals surface area contributed by atoms with Gasteiger partial charge in [0, 0.05) is 54.4 Å². The van der Waals surface area contributed by atoms with E-state index in [9.17, 15) is 57.5 Å². The Morgan fingerprint density at radius 2 is 0.822 bits per heavy atom. The molecule has 5 aromatic rings. The van der Waals surface area contributed by atoms with Crippen LogP contribution in [0.3, 0.4) is 0 Å². The number of nitrogens with one attached hydrogen (secondary N) is 3. The zero-order valence-electron chi connectivity index (χ0n) is 60.4. The fraction of sp³-hybridized carbons (Fsp3) is 0.447. The van der Waals surface area contributed by atoms with Crippen molar-refractivity contribution in [1.29, 1.82) is 0 Å². The molecule has 0 radical (unpaired) electrons. The van der Waals surface area contributed by atoms with Crippen LogP contribution in [0.5, 0.6) is 0 Å². The molecule has 3 saturated heterocycles. The van der Waals surface area contributed by atoms with Crippen LogP contribution >= 0.6 is 0 Å². The molecule has 4 aliphatic rings. The minimum Gasteiger partial charge on any atom is -0.463 e. The average Bonchev–Trinajstić information content (AvgIpc) is 1.61. The Kier molecular flexibility index (Phi) is 27.5. The SMILES string of the molecule is CC(=O)N[C@H]1[C@@H](O[C@H](C)[C@H](NC(=O)OCC2c3ccccc3-c3ccccc32)C(=O)OC(C)(C)C)O[C@H](CO[C@@H]2O[C@H](COC(=O)c3ccccc3)[C@@H](OC(=O)c3ccccc3)[C@H](OC(=O)c3ccccc3)[C@H]2NC(C)=O)[C@H](OC(C)=O)[C@@H]1O[C@@H]1O[C@H](COC(C)=O)[C@H](OC(C)=O)[C@H](OC(C)=O)[C@H]1OC(C)=O. The molecule has 572 valence electrons. The van der Waals surface area contributed by atoms with E-state index in [1.807, 2.05) is 48.5 Å². The molecule has 0 unspecified atom stereocenters. The van der Waals surface area contributed by atoms with Crippen molar-refractivity contribution >= 4 is 71.6 Å². The smallest absolute Gasteiger partial charge is 0.407 e. The van der Waals surface area contributed by atoms with E-state index in [1.54, 1.807) is 75.4 Å². The van der Waals surface area contributed by atoms with Gasteiger partial charge < -0.3 is 91.7 Å². The largest absolute Gasteiger partial charge is 0.463 e. The molecule has 3 heterocycles. The van der Waals surface area contributed by atoms with Crippen molar-refractivity contribution in [2.24, 2.45) is 0 Å². The summed E-state index contributed by atoms with van der Waals surface area (Å²) in [5.41, 5.74) is 2.45. The lowest BCUT2D eigenvalue weighted by atomic mass is 9.94. The van der Waals surface area contributed by atoms with Crippen LogP contribution in [0, 0.1) is 0 Å². The predicted octanol–water partition coefficient (Wildman–Crippen LogP) is 5.82. The van der Waals surface area contributed by atoms with Gasteiger partial charge in [0.15, 0.2) is 61.5 Å². The maximum absolute atomic E-state index is 14.7. The number of fused-ring (bicyclic) bond motifs is 3. The number of esters is 9. The van der Waals surface area contributed by atoms with E-state index < -0.39 is 207 Å². The molecular weight excluding hydrogens is 1400 g/mol. The van der Waals surface area contributed by atoms with Gasteiger partial charge >= 0.3 is 59.8 Å². The van der Waals surface area contributed by atoms with Gasteiger partial charge in [-0.1, -0.05) is 103 Å². The number of hydrogen-bond donors (Lipinski definition) is 3. The fourth-order valence-corrected chi connectivity index (χ4v) is 12.7. The first-order chi connectivity index (χ1) is 50.9. The topological polar surface area (TPSA) is 389 Å². The van der Waals surface area contributed by atoms with Gasteiger partial charge in [-0.25, -0.2) is 24.0 Å². The highest BCUT2D eigenvalue weighted by Gasteiger charge is 2.59. The second-order valence-electron chi connectivity index (χ2n) is 26.4. The van der Waals surface area contributed by atoms with E-state index in [4.69, 9.17) is 75.8 Å². The van der Waals surface area contributed by atoms with Crippen molar-refractivity contribution in [2.75, 3.05) is 26.4 Å². The van der Waals surface area contributed by atoms with Gasteiger partial charge in [0.1, 0.15) is 61.9 Å². The summed E-state index contributed by atoms with van der Waals surface area (Å²) in [6.45, 7) is 10.4. The Hall–Kier alpha value is -10.7. The van der Waals surface area contributed by atoms with E-state index in [1.165, 1.54) is 43.3 Å². The lowest BCUT2D eigenvalue weighted by Crippen LogP contribution is -2.70. The van der Waals surface area contributed by atoms with E-state index in [2.05, 4.69) is 16.0 Å². The number of alkyl carbamates (subject to hydrolysis) is 1. The molecular formula is C76H85N3O28. The molecule has 3 amide bonds. The fourth-order valence-electron chi connectivity index (χ4n) is 12.7. The average molecular weight is 1490 g/mol. The Morgan fingerprint density at radius 3 is 1.32 bits per heavy atom. The molecule has 0 bridgehead atoms. The van der Waals surface area contributed by atoms with Gasteiger partial charge in [-0.15, -0.1) is 0 Å². The third kappa shape index (κ3) is 21.5. The zero-order chi connectivity index (χ0) is 77.4. The van der Waals surface area contributed by atoms with Crippen LogP contribution < -0.4 is 16.0 Å². The van der Waals surface area contributed by atoms with Crippen LogP contribution in [0.25, 0.3) is 11.1 Å². The minimum absolute atomic E-state index is 0.00997. The number of carbonyl (C=O) groups is 12. The summed E-state index contributed by atoms with van der Waals surface area (Å²) in [4.78, 5) is 165. The van der Waals surface area contributed by atoms with Gasteiger partial charge in [-0.3, -0.25) is 33.6 Å². The summed E-state index contributed by atoms with van der Waals surface area (Å²) < 4.78 is 98.6. The molecule has 0 aromatic heterocycles. The maximum Gasteiger partial charge on any atom is 0.407 e. The maximum atomic E-state index is 14.7. The molecule has 5 aromatic carbocycles. The summed E-state index contributed by atoms with van der Waals surface area (Å²) >= 11 is 0. The van der Waals surface area contributed by atoms with Crippen LogP contribution in [-0.4, -0.2) is 208 Å². The van der Waals surface area contributed by atoms with Crippen molar-refractivity contribution < 1.29 is 133 Å². The van der Waals surface area contributed by atoms with E-state index in [-0.39, 0.29) is 23.3 Å². The van der Waals surface area contributed by atoms with Crippen LogP contribution in [-0.2, 0) is 114 Å². The summed E-state index contributed by atoms with van der Waals surface area (Å²) in [6.07, 6.45) is -27.2. The molecule has 31 nitrogen and oxygen atoms in total. The molecule has 17 atom stereocenters. The van der Waals surface area contributed by atoms with Crippen LogP contribution in [0.4, 0.5) is 4.79 Å². The normalized spacial score (nSPS) is 25.0. The first kappa shape index (κ1) is 80.4. The number of carbonyl (C=O) groups excluding carboxylic acids is 12. The molecule has 0 spiro atoms. The van der Waals surface area contributed by atoms with Crippen molar-refractivity contribution in [3.63, 3.8) is 0 Å². The zero-order valence-corrected chi connectivity index (χ0v) is 60.4. The van der Waals surface area contributed by atoms with Crippen LogP contribution in [0.2, 0.25) is 0 Å². The Labute approximate surface area is 615 Å². The second kappa shape index (κ2) is 36.5. The van der Waals surface area contributed by atoms with E-state index >= 15 is 0 Å². The molecule has 107 heavy (non-hydrogen) atoms. The van der Waals surface area contributed by atoms with Crippen LogP contribution in [0.1, 0.15) is 124 Å². The van der Waals surface area contributed by atoms with Gasteiger partial charge in [0.25, 0.3) is 0 Å². The third-order valence-electron chi connectivity index (χ3n) is 17.0. The molecule has 1 aliphatic carbocycles. The number of benzene rings is 5. The lowest BCUT2D eigenvalue weighted by Gasteiger charge is -2.50. The standard InChI is InChI=1S/C76H85N3O28/c1-39(58(71(90)107-76(9,10)11)79-75(91)95-35-54-52-33-23-21-31-50(52)51-32-22-24-34-53(51)54)96-73-60(78-41(3)81)65(106-74-67(100-46(8)86)66(99-45(7)85)63(98-44(6)84)55(103-74)36-92-42(4)82)61(97-43(5)83)57(102-73)38-94-72-59(77-40(2)80)64(105-70(89)49-29-19-14-20-30-49)62(104-69(88)48-27-17-13-18-28-48)56(101-72)37-93-68(87)47-25-15-12-16-26-47/h12-34,39,54-67,72-74H,35-38H2,1-11H3,(H,77,80)(H,78,81)(H,79,91)/t39-,55-,56-,57-,58+,59-,60-,61+,62-,63+,64-,65-,66+,67-,72-,73+,74+/m1/s1. The molecule has 3 aliphatic heterocycles. The Bertz CT molecular complexity index is 3960. The van der Waals surface area contributed by atoms with E-state index in [0.717, 1.165) is 70.7 Å². The monoisotopic (exact) mass is 1490 g/mol. The molecule has 0 saturated carbocycles. The van der Waals surface area contributed by atoms with Crippen molar-refractivity contribution in [3.05, 3.63) is 167 Å². The molecule has 3 fully saturated rings. The first-order valence-corrected chi connectivity index (χ1v) is 34.3. The summed E-state index contributed by atoms with van der Waals surface area (Å²) in [5, 5.41) is 7.94. The van der Waals surface area contributed by atoms with E-state index in [0.29, 0.717) is 0 Å². The summed E-state index contributed by atoms with van der Waals surface area (Å²) in [6, 6.07) is 32.7. The van der Waals surface area contributed by atoms with Gasteiger partial charge in [0.2, 0.25) is 11.8 Å². The van der Waals surface area contributed by atoms with Crippen molar-refractivity contribution in [1.82, 2.24) is 16.0 Å². The number of hydrogen-bond acceptors (Lipinski definition) is 28. The summed E-state index contributed by atoms with van der Waals surface area (Å²) in [5.74, 6) is -11.1. The highest BCUT2D eigenvalue weighted by molar-refractivity contribution is 5.91. The van der Waals surface area contributed by atoms with Crippen LogP contribution in [0.15, 0.2) is 140 Å². The lowest BCUT2D eigenvalue weighted by molar-refractivity contribution is -0.353. The predicted molar refractivity (Wildman–Crippen MR) is 367 cm³/mol. The van der Waals surface area contributed by atoms with Crippen molar-refractivity contribution in [3.8, 4) is 11.1 Å². The molecule has 31 heteroatoms. The summed E-state index contributed by atoms with van der Waals surface area (Å²) in [7, 11) is 0. The first-order valence-electron chi connectivity index (χ1n) is 34.3. The highest BCUT2D eigenvalue weighted by atomic mass is 16.8. The minimum atomic E-state index is -2.13. The Morgan fingerprint density at radius 1 is 0.411 bits per heavy atom. The second-order valence-corrected chi connectivity index (χ2v) is 26.4. The molecule has 9 rings (SSSR count). The van der Waals surface area contributed by atoms with Crippen molar-refractivity contribution in [2.45, 2.75) is 192 Å².